The van der Waals surface area contributed by atoms with Gasteiger partial charge < -0.3 is 15.7 Å². The van der Waals surface area contributed by atoms with Crippen LogP contribution in [0.1, 0.15) is 46.5 Å². The number of hydrogen-bond donors (Lipinski definition) is 3. The van der Waals surface area contributed by atoms with Crippen molar-refractivity contribution in [3.63, 3.8) is 0 Å². The van der Waals surface area contributed by atoms with Crippen molar-refractivity contribution in [2.75, 3.05) is 6.54 Å². The molecule has 0 aliphatic rings. The Hall–Kier alpha value is -1.26. The summed E-state index contributed by atoms with van der Waals surface area (Å²) in [6.45, 7) is 6.02. The molecule has 2 amide bonds. The van der Waals surface area contributed by atoms with Gasteiger partial charge >= 0.3 is 12.0 Å². The minimum atomic E-state index is -0.869. The van der Waals surface area contributed by atoms with Crippen molar-refractivity contribution < 1.29 is 14.7 Å². The first-order chi connectivity index (χ1) is 8.01. The van der Waals surface area contributed by atoms with Crippen LogP contribution in [0.25, 0.3) is 0 Å². The molecule has 2 unspecified atom stereocenters. The van der Waals surface area contributed by atoms with Crippen LogP contribution in [0.5, 0.6) is 0 Å². The summed E-state index contributed by atoms with van der Waals surface area (Å²) in [6, 6.07) is -0.159. The highest BCUT2D eigenvalue weighted by Gasteiger charge is 2.16. The first-order valence-electron chi connectivity index (χ1n) is 6.28. The van der Waals surface area contributed by atoms with Crippen molar-refractivity contribution in [3.05, 3.63) is 0 Å². The molecule has 3 N–H and O–H groups in total. The maximum Gasteiger partial charge on any atom is 0.315 e. The largest absolute Gasteiger partial charge is 0.481 e. The van der Waals surface area contributed by atoms with Gasteiger partial charge in [-0.25, -0.2) is 4.79 Å². The number of unbranched alkanes of at least 4 members (excludes halogenated alkanes) is 1. The van der Waals surface area contributed by atoms with E-state index in [0.717, 1.165) is 19.3 Å². The number of aliphatic carboxylic acids is 1. The Kier molecular flexibility index (Phi) is 8.19. The van der Waals surface area contributed by atoms with E-state index in [4.69, 9.17) is 5.11 Å². The summed E-state index contributed by atoms with van der Waals surface area (Å²) in [4.78, 5) is 22.2. The Morgan fingerprint density at radius 2 is 1.94 bits per heavy atom. The molecule has 0 radical (unpaired) electrons. The van der Waals surface area contributed by atoms with E-state index in [2.05, 4.69) is 17.6 Å². The van der Waals surface area contributed by atoms with Gasteiger partial charge in [0.05, 0.1) is 5.92 Å². The molecule has 0 bridgehead atoms. The summed E-state index contributed by atoms with van der Waals surface area (Å²) in [5.74, 6) is -1.38. The van der Waals surface area contributed by atoms with Gasteiger partial charge in [0.15, 0.2) is 0 Å². The van der Waals surface area contributed by atoms with Crippen LogP contribution in [0, 0.1) is 5.92 Å². The summed E-state index contributed by atoms with van der Waals surface area (Å²) in [5, 5.41) is 14.2. The Bertz CT molecular complexity index is 244. The summed E-state index contributed by atoms with van der Waals surface area (Å²) in [6.07, 6.45) is 3.64. The van der Waals surface area contributed by atoms with E-state index in [1.54, 1.807) is 6.92 Å². The molecule has 0 saturated carbocycles. The molecule has 0 aromatic carbocycles. The fraction of sp³-hybridized carbons (Fsp3) is 0.833. The summed E-state index contributed by atoms with van der Waals surface area (Å²) >= 11 is 0. The van der Waals surface area contributed by atoms with Gasteiger partial charge in [-0.2, -0.15) is 0 Å². The van der Waals surface area contributed by atoms with Gasteiger partial charge in [-0.05, 0) is 19.8 Å². The number of amides is 2. The van der Waals surface area contributed by atoms with Crippen molar-refractivity contribution in [1.29, 1.82) is 0 Å². The Labute approximate surface area is 103 Å². The predicted molar refractivity (Wildman–Crippen MR) is 66.9 cm³/mol. The van der Waals surface area contributed by atoms with Crippen LogP contribution in [0.4, 0.5) is 4.79 Å². The third-order valence-electron chi connectivity index (χ3n) is 2.72. The number of hydrogen-bond acceptors (Lipinski definition) is 2. The first kappa shape index (κ1) is 15.7. The fourth-order valence-electron chi connectivity index (χ4n) is 1.48. The predicted octanol–water partition coefficient (Wildman–Crippen LogP) is 1.98. The average molecular weight is 244 g/mol. The Morgan fingerprint density at radius 3 is 2.41 bits per heavy atom. The van der Waals surface area contributed by atoms with Gasteiger partial charge in [0.1, 0.15) is 0 Å². The smallest absolute Gasteiger partial charge is 0.315 e. The van der Waals surface area contributed by atoms with Gasteiger partial charge in [-0.1, -0.05) is 26.7 Å². The standard InChI is InChI=1S/C12H24N2O3/c1-4-6-7-9(3)14-12(17)13-8-10(5-2)11(15)16/h9-10H,4-8H2,1-3H3,(H,15,16)(H2,13,14,17). The molecule has 17 heavy (non-hydrogen) atoms. The molecule has 0 spiro atoms. The zero-order valence-electron chi connectivity index (χ0n) is 11.0. The molecule has 0 aromatic rings. The van der Waals surface area contributed by atoms with Gasteiger partial charge in [0.2, 0.25) is 0 Å². The maximum atomic E-state index is 11.4. The highest BCUT2D eigenvalue weighted by molar-refractivity contribution is 5.76. The molecule has 100 valence electrons. The molecule has 0 aliphatic carbocycles. The molecule has 0 aliphatic heterocycles. The van der Waals surface area contributed by atoms with Crippen LogP contribution in [0.3, 0.4) is 0 Å². The normalized spacial score (nSPS) is 13.8. The highest BCUT2D eigenvalue weighted by atomic mass is 16.4. The number of carboxylic acid groups (broad SMARTS) is 1. The summed E-state index contributed by atoms with van der Waals surface area (Å²) in [7, 11) is 0. The van der Waals surface area contributed by atoms with E-state index in [0.29, 0.717) is 6.42 Å². The lowest BCUT2D eigenvalue weighted by molar-refractivity contribution is -0.141. The third kappa shape index (κ3) is 7.60. The zero-order chi connectivity index (χ0) is 13.3. The first-order valence-corrected chi connectivity index (χ1v) is 6.28. The monoisotopic (exact) mass is 244 g/mol. The molecule has 5 nitrogen and oxygen atoms in total. The molecule has 5 heteroatoms. The van der Waals surface area contributed by atoms with Crippen LogP contribution < -0.4 is 10.6 Å². The van der Waals surface area contributed by atoms with Crippen LogP contribution in [-0.2, 0) is 4.79 Å². The lowest BCUT2D eigenvalue weighted by Gasteiger charge is -2.16. The van der Waals surface area contributed by atoms with Crippen molar-refractivity contribution >= 4 is 12.0 Å². The SMILES string of the molecule is CCCCC(C)NC(=O)NCC(CC)C(=O)O. The van der Waals surface area contributed by atoms with Gasteiger partial charge in [-0.3, -0.25) is 4.79 Å². The number of rotatable bonds is 8. The second kappa shape index (κ2) is 8.84. The third-order valence-corrected chi connectivity index (χ3v) is 2.72. The van der Waals surface area contributed by atoms with E-state index < -0.39 is 11.9 Å². The van der Waals surface area contributed by atoms with E-state index >= 15 is 0 Å². The van der Waals surface area contributed by atoms with E-state index in [9.17, 15) is 9.59 Å². The topological polar surface area (TPSA) is 78.4 Å². The van der Waals surface area contributed by atoms with Crippen LogP contribution in [0.2, 0.25) is 0 Å². The van der Waals surface area contributed by atoms with Crippen molar-refractivity contribution in [1.82, 2.24) is 10.6 Å². The molecular formula is C12H24N2O3. The second-order valence-corrected chi connectivity index (χ2v) is 4.34. The second-order valence-electron chi connectivity index (χ2n) is 4.34. The van der Waals surface area contributed by atoms with Gasteiger partial charge in [-0.15, -0.1) is 0 Å². The van der Waals surface area contributed by atoms with Gasteiger partial charge in [0, 0.05) is 12.6 Å². The maximum absolute atomic E-state index is 11.4. The number of carbonyl (C=O) groups is 2. The summed E-state index contributed by atoms with van der Waals surface area (Å²) < 4.78 is 0. The van der Waals surface area contributed by atoms with Crippen LogP contribution in [-0.4, -0.2) is 29.7 Å². The lowest BCUT2D eigenvalue weighted by Crippen LogP contribution is -2.43. The number of urea groups is 1. The quantitative estimate of drug-likeness (QED) is 0.611. The van der Waals surface area contributed by atoms with Crippen LogP contribution >= 0.6 is 0 Å². The van der Waals surface area contributed by atoms with Crippen molar-refractivity contribution in [2.45, 2.75) is 52.5 Å². The number of carbonyl (C=O) groups excluding carboxylic acids is 1. The minimum absolute atomic E-state index is 0.125. The van der Waals surface area contributed by atoms with E-state index in [-0.39, 0.29) is 18.6 Å². The van der Waals surface area contributed by atoms with Crippen molar-refractivity contribution in [3.8, 4) is 0 Å². The molecule has 0 heterocycles. The number of nitrogens with one attached hydrogen (secondary N) is 2. The molecular weight excluding hydrogens is 220 g/mol. The van der Waals surface area contributed by atoms with Gasteiger partial charge in [0.25, 0.3) is 0 Å². The lowest BCUT2D eigenvalue weighted by atomic mass is 10.1. The summed E-state index contributed by atoms with van der Waals surface area (Å²) in [5.41, 5.74) is 0. The molecule has 0 saturated heterocycles. The van der Waals surface area contributed by atoms with Crippen molar-refractivity contribution in [2.24, 2.45) is 5.92 Å². The molecule has 0 aromatic heterocycles. The molecule has 2 atom stereocenters. The molecule has 0 rings (SSSR count). The average Bonchev–Trinajstić information content (AvgIpc) is 2.26. The number of carboxylic acids is 1. The highest BCUT2D eigenvalue weighted by Crippen LogP contribution is 2.01. The zero-order valence-corrected chi connectivity index (χ0v) is 11.0. The molecule has 0 fully saturated rings. The van der Waals surface area contributed by atoms with Crippen LogP contribution in [0.15, 0.2) is 0 Å². The Morgan fingerprint density at radius 1 is 1.29 bits per heavy atom. The van der Waals surface area contributed by atoms with E-state index in [1.807, 2.05) is 6.92 Å². The minimum Gasteiger partial charge on any atom is -0.481 e. The Balaban J connectivity index is 3.82. The fourth-order valence-corrected chi connectivity index (χ4v) is 1.48. The van der Waals surface area contributed by atoms with E-state index in [1.165, 1.54) is 0 Å².